The van der Waals surface area contributed by atoms with E-state index in [1.165, 1.54) is 31.3 Å². The van der Waals surface area contributed by atoms with Crippen LogP contribution in [0.3, 0.4) is 0 Å². The number of amides is 1. The number of nitrogens with one attached hydrogen (secondary N) is 2. The third kappa shape index (κ3) is 4.29. The standard InChI is InChI=1S/C20H16F6N2O4S/c1-2-33(31,32)14-7-8-15-11(9-14)10-27-16(15)17(29)28-13-5-3-12(4-6-13)18(30,19(21,22)23)20(24,25)26/h3-10,27,30H,2H2,1H3,(H,28,29). The number of hydrogen-bond acceptors (Lipinski definition) is 4. The highest BCUT2D eigenvalue weighted by Gasteiger charge is 2.71. The highest BCUT2D eigenvalue weighted by atomic mass is 32.2. The number of alkyl halides is 6. The van der Waals surface area contributed by atoms with E-state index < -0.39 is 39.3 Å². The van der Waals surface area contributed by atoms with Crippen molar-refractivity contribution >= 4 is 32.2 Å². The first kappa shape index (κ1) is 24.6. The molecule has 0 spiro atoms. The molecule has 3 rings (SSSR count). The van der Waals surface area contributed by atoms with Crippen molar-refractivity contribution in [2.24, 2.45) is 0 Å². The first-order chi connectivity index (χ1) is 15.1. The molecule has 0 aliphatic heterocycles. The van der Waals surface area contributed by atoms with Crippen LogP contribution in [-0.2, 0) is 15.4 Å². The van der Waals surface area contributed by atoms with Gasteiger partial charge < -0.3 is 15.4 Å². The van der Waals surface area contributed by atoms with Gasteiger partial charge in [-0.25, -0.2) is 8.42 Å². The van der Waals surface area contributed by atoms with Crippen LogP contribution in [0.5, 0.6) is 0 Å². The minimum Gasteiger partial charge on any atom is -0.369 e. The summed E-state index contributed by atoms with van der Waals surface area (Å²) in [6.07, 6.45) is -10.7. The lowest BCUT2D eigenvalue weighted by molar-refractivity contribution is -0.376. The second-order valence-corrected chi connectivity index (χ2v) is 9.33. The number of halogens is 6. The molecular formula is C20H16F6N2O4S. The summed E-state index contributed by atoms with van der Waals surface area (Å²) in [5.74, 6) is -0.893. The van der Waals surface area contributed by atoms with Gasteiger partial charge in [0.05, 0.1) is 10.6 Å². The first-order valence-corrected chi connectivity index (χ1v) is 10.9. The van der Waals surface area contributed by atoms with Crippen LogP contribution in [0.2, 0.25) is 0 Å². The van der Waals surface area contributed by atoms with Gasteiger partial charge in [0.1, 0.15) is 5.69 Å². The number of sulfone groups is 1. The molecule has 0 saturated heterocycles. The maximum atomic E-state index is 13.0. The number of aliphatic hydroxyl groups is 1. The summed E-state index contributed by atoms with van der Waals surface area (Å²) in [4.78, 5) is 15.3. The second kappa shape index (κ2) is 8.06. The lowest BCUT2D eigenvalue weighted by atomic mass is 9.92. The lowest BCUT2D eigenvalue weighted by Gasteiger charge is -2.32. The van der Waals surface area contributed by atoms with E-state index in [-0.39, 0.29) is 22.0 Å². The number of carbonyl (C=O) groups is 1. The lowest BCUT2D eigenvalue weighted by Crippen LogP contribution is -2.53. The monoisotopic (exact) mass is 494 g/mol. The van der Waals surface area contributed by atoms with Gasteiger partial charge in [-0.3, -0.25) is 4.79 Å². The zero-order valence-electron chi connectivity index (χ0n) is 16.7. The summed E-state index contributed by atoms with van der Waals surface area (Å²) in [6.45, 7) is 1.48. The molecule has 3 aromatic rings. The zero-order chi connectivity index (χ0) is 24.8. The van der Waals surface area contributed by atoms with Crippen LogP contribution in [-0.4, -0.2) is 42.5 Å². The molecule has 0 unspecified atom stereocenters. The van der Waals surface area contributed by atoms with Crippen molar-refractivity contribution in [2.75, 3.05) is 11.1 Å². The van der Waals surface area contributed by atoms with Crippen molar-refractivity contribution in [1.29, 1.82) is 0 Å². The largest absolute Gasteiger partial charge is 0.430 e. The summed E-state index contributed by atoms with van der Waals surface area (Å²) in [6, 6.07) is 6.47. The predicted molar refractivity (Wildman–Crippen MR) is 106 cm³/mol. The number of benzene rings is 2. The molecule has 0 atom stereocenters. The number of H-pyrrole nitrogens is 1. The average Bonchev–Trinajstić information content (AvgIpc) is 3.15. The number of hydrogen-bond donors (Lipinski definition) is 3. The van der Waals surface area contributed by atoms with Crippen LogP contribution >= 0.6 is 0 Å². The molecule has 178 valence electrons. The Bertz CT molecular complexity index is 1280. The normalized spacial score (nSPS) is 13.3. The molecule has 13 heteroatoms. The van der Waals surface area contributed by atoms with Gasteiger partial charge >= 0.3 is 12.4 Å². The summed E-state index contributed by atoms with van der Waals surface area (Å²) < 4.78 is 102. The first-order valence-electron chi connectivity index (χ1n) is 9.23. The van der Waals surface area contributed by atoms with E-state index >= 15 is 0 Å². The zero-order valence-corrected chi connectivity index (χ0v) is 17.5. The van der Waals surface area contributed by atoms with Gasteiger partial charge in [0.15, 0.2) is 9.84 Å². The minimum atomic E-state index is -6.02. The van der Waals surface area contributed by atoms with Gasteiger partial charge in [0.25, 0.3) is 11.5 Å². The maximum Gasteiger partial charge on any atom is 0.430 e. The Morgan fingerprint density at radius 3 is 2.09 bits per heavy atom. The number of aromatic nitrogens is 1. The fraction of sp³-hybridized carbons (Fsp3) is 0.250. The van der Waals surface area contributed by atoms with E-state index in [2.05, 4.69) is 10.3 Å². The van der Waals surface area contributed by atoms with Crippen molar-refractivity contribution in [3.05, 3.63) is 59.9 Å². The third-order valence-corrected chi connectivity index (χ3v) is 6.74. The van der Waals surface area contributed by atoms with Crippen molar-refractivity contribution < 1.29 is 44.7 Å². The van der Waals surface area contributed by atoms with E-state index in [1.54, 1.807) is 0 Å². The summed E-state index contributed by atoms with van der Waals surface area (Å²) in [5.41, 5.74) is -6.68. The number of anilines is 1. The van der Waals surface area contributed by atoms with Gasteiger partial charge in [-0.05, 0) is 24.3 Å². The molecule has 0 aliphatic rings. The minimum absolute atomic E-state index is 0.00314. The molecule has 1 aromatic heterocycles. The Hall–Kier alpha value is -3.06. The van der Waals surface area contributed by atoms with Crippen molar-refractivity contribution in [3.63, 3.8) is 0 Å². The maximum absolute atomic E-state index is 13.0. The topological polar surface area (TPSA) is 99.3 Å². The molecule has 1 amide bonds. The highest BCUT2D eigenvalue weighted by Crippen LogP contribution is 2.50. The molecule has 1 heterocycles. The predicted octanol–water partition coefficient (Wildman–Crippen LogP) is 4.53. The Morgan fingerprint density at radius 2 is 1.58 bits per heavy atom. The van der Waals surface area contributed by atoms with Crippen molar-refractivity contribution in [3.8, 4) is 0 Å². The quantitative estimate of drug-likeness (QED) is 0.454. The Balaban J connectivity index is 1.88. The van der Waals surface area contributed by atoms with E-state index in [0.29, 0.717) is 22.9 Å². The molecular weight excluding hydrogens is 478 g/mol. The third-order valence-electron chi connectivity index (χ3n) is 5.01. The molecule has 2 aromatic carbocycles. The molecule has 0 radical (unpaired) electrons. The Kier molecular flexibility index (Phi) is 6.00. The van der Waals surface area contributed by atoms with E-state index in [1.807, 2.05) is 0 Å². The van der Waals surface area contributed by atoms with E-state index in [0.717, 1.165) is 12.1 Å². The second-order valence-electron chi connectivity index (χ2n) is 7.05. The Labute approximate surface area is 183 Å². The van der Waals surface area contributed by atoms with E-state index in [9.17, 15) is 44.7 Å². The van der Waals surface area contributed by atoms with Crippen molar-refractivity contribution in [1.82, 2.24) is 4.98 Å². The van der Waals surface area contributed by atoms with Gasteiger partial charge in [-0.15, -0.1) is 0 Å². The van der Waals surface area contributed by atoms with Crippen LogP contribution in [0.25, 0.3) is 10.8 Å². The van der Waals surface area contributed by atoms with Crippen molar-refractivity contribution in [2.45, 2.75) is 29.8 Å². The molecule has 33 heavy (non-hydrogen) atoms. The van der Waals surface area contributed by atoms with Gasteiger partial charge in [-0.2, -0.15) is 26.3 Å². The number of aromatic amines is 1. The van der Waals surface area contributed by atoms with Crippen LogP contribution in [0.4, 0.5) is 32.0 Å². The van der Waals surface area contributed by atoms with Crippen LogP contribution in [0, 0.1) is 0 Å². The summed E-state index contributed by atoms with van der Waals surface area (Å²) >= 11 is 0. The average molecular weight is 494 g/mol. The summed E-state index contributed by atoms with van der Waals surface area (Å²) in [7, 11) is -3.48. The fourth-order valence-electron chi connectivity index (χ4n) is 3.14. The SMILES string of the molecule is CCS(=O)(=O)c1ccc2c(C(=O)Nc3ccc(C(O)(C(F)(F)F)C(F)(F)F)cc3)[nH]cc2c1. The highest BCUT2D eigenvalue weighted by molar-refractivity contribution is 7.91. The Morgan fingerprint density at radius 1 is 1.00 bits per heavy atom. The fourth-order valence-corrected chi connectivity index (χ4v) is 4.06. The number of carbonyl (C=O) groups excluding carboxylic acids is 1. The molecule has 0 aliphatic carbocycles. The van der Waals surface area contributed by atoms with Crippen LogP contribution < -0.4 is 5.32 Å². The van der Waals surface area contributed by atoms with Crippen LogP contribution in [0.15, 0.2) is 53.6 Å². The molecule has 3 N–H and O–H groups in total. The molecule has 0 fully saturated rings. The van der Waals surface area contributed by atoms with Gasteiger partial charge in [0.2, 0.25) is 0 Å². The van der Waals surface area contributed by atoms with E-state index in [4.69, 9.17) is 0 Å². The smallest absolute Gasteiger partial charge is 0.369 e. The number of fused-ring (bicyclic) bond motifs is 1. The number of rotatable bonds is 5. The summed E-state index contributed by atoms with van der Waals surface area (Å²) in [5, 5.41) is 12.5. The van der Waals surface area contributed by atoms with Gasteiger partial charge in [0, 0.05) is 28.2 Å². The van der Waals surface area contributed by atoms with Crippen LogP contribution in [0.1, 0.15) is 23.0 Å². The molecule has 0 bridgehead atoms. The van der Waals surface area contributed by atoms with Gasteiger partial charge in [-0.1, -0.05) is 25.1 Å². The molecule has 0 saturated carbocycles. The molecule has 6 nitrogen and oxygen atoms in total.